The van der Waals surface area contributed by atoms with Gasteiger partial charge < -0.3 is 9.47 Å². The van der Waals surface area contributed by atoms with Gasteiger partial charge in [-0.2, -0.15) is 9.78 Å². The fourth-order valence-corrected chi connectivity index (χ4v) is 4.22. The van der Waals surface area contributed by atoms with Crippen LogP contribution in [0.15, 0.2) is 75.0 Å². The molecule has 0 aliphatic carbocycles. The number of fused-ring (bicyclic) bond motifs is 1. The van der Waals surface area contributed by atoms with E-state index in [0.717, 1.165) is 22.0 Å². The van der Waals surface area contributed by atoms with Crippen LogP contribution in [0, 0.1) is 0 Å². The summed E-state index contributed by atoms with van der Waals surface area (Å²) in [4.78, 5) is 18.1. The lowest BCUT2D eigenvalue weighted by atomic mass is 10.1. The summed E-state index contributed by atoms with van der Waals surface area (Å²) in [5.41, 5.74) is 2.10. The molecule has 0 saturated carbocycles. The molecule has 0 fully saturated rings. The molecule has 3 aromatic carbocycles. The van der Waals surface area contributed by atoms with Gasteiger partial charge in [0.1, 0.15) is 12.4 Å². The van der Waals surface area contributed by atoms with Crippen molar-refractivity contribution in [1.29, 1.82) is 0 Å². The Morgan fingerprint density at radius 3 is 2.64 bits per heavy atom. The minimum absolute atomic E-state index is 0.0578. The van der Waals surface area contributed by atoms with Crippen LogP contribution in [-0.2, 0) is 6.61 Å². The zero-order valence-electron chi connectivity index (χ0n) is 20.4. The summed E-state index contributed by atoms with van der Waals surface area (Å²) in [6, 6.07) is 18.6. The highest BCUT2D eigenvalue weighted by molar-refractivity contribution is 9.10. The molecule has 0 aliphatic heterocycles. The highest BCUT2D eigenvalue weighted by atomic mass is 79.9. The Morgan fingerprint density at radius 1 is 1.08 bits per heavy atom. The Labute approximate surface area is 223 Å². The van der Waals surface area contributed by atoms with Gasteiger partial charge in [0.2, 0.25) is 0 Å². The topological polar surface area (TPSA) is 65.7 Å². The first-order chi connectivity index (χ1) is 17.4. The molecule has 8 heteroatoms. The summed E-state index contributed by atoms with van der Waals surface area (Å²) >= 11 is 9.70. The number of benzene rings is 3. The Balaban J connectivity index is 1.68. The summed E-state index contributed by atoms with van der Waals surface area (Å²) in [6.07, 6.45) is 2.47. The number of ether oxygens (including phenoxy) is 2. The maximum atomic E-state index is 13.3. The fraction of sp³-hybridized carbons (Fsp3) is 0.250. The first-order valence-corrected chi connectivity index (χ1v) is 13.0. The van der Waals surface area contributed by atoms with Crippen LogP contribution in [0.2, 0.25) is 5.02 Å². The Bertz CT molecular complexity index is 1470. The second-order valence-corrected chi connectivity index (χ2v) is 9.64. The van der Waals surface area contributed by atoms with Crippen LogP contribution in [0.1, 0.15) is 50.1 Å². The molecule has 0 amide bonds. The molecule has 1 aromatic heterocycles. The van der Waals surface area contributed by atoms with Crippen molar-refractivity contribution < 1.29 is 9.47 Å². The summed E-state index contributed by atoms with van der Waals surface area (Å²) in [5, 5.41) is 5.71. The molecule has 0 bridgehead atoms. The van der Waals surface area contributed by atoms with Crippen LogP contribution >= 0.6 is 27.5 Å². The van der Waals surface area contributed by atoms with Gasteiger partial charge in [0, 0.05) is 21.0 Å². The molecule has 4 aromatic rings. The van der Waals surface area contributed by atoms with Crippen LogP contribution in [0.5, 0.6) is 11.5 Å². The summed E-state index contributed by atoms with van der Waals surface area (Å²) < 4.78 is 14.0. The molecular formula is C28H27BrClN3O3. The van der Waals surface area contributed by atoms with Crippen molar-refractivity contribution in [2.45, 2.75) is 39.7 Å². The maximum absolute atomic E-state index is 13.3. The van der Waals surface area contributed by atoms with Crippen LogP contribution in [0.3, 0.4) is 0 Å². The number of hydrogen-bond donors (Lipinski definition) is 0. The van der Waals surface area contributed by atoms with E-state index in [0.29, 0.717) is 46.5 Å². The van der Waals surface area contributed by atoms with Crippen molar-refractivity contribution in [2.75, 3.05) is 6.61 Å². The third-order valence-corrected chi connectivity index (χ3v) is 6.68. The van der Waals surface area contributed by atoms with Crippen molar-refractivity contribution in [1.82, 2.24) is 9.66 Å². The van der Waals surface area contributed by atoms with Gasteiger partial charge in [0.25, 0.3) is 5.56 Å². The van der Waals surface area contributed by atoms with E-state index in [1.807, 2.05) is 68.4 Å². The Hall–Kier alpha value is -3.16. The third kappa shape index (κ3) is 5.79. The highest BCUT2D eigenvalue weighted by Crippen LogP contribution is 2.30. The monoisotopic (exact) mass is 567 g/mol. The standard InChI is InChI=1S/C28H27BrClN3O3/c1-4-18(3)27-32-24-12-11-21(29)15-22(24)28(34)33(27)31-16-19-10-13-25(26(14-19)35-5-2)36-17-20-8-6-7-9-23(20)30/h6-16,18H,4-5,17H2,1-3H3/t18-/m1/s1. The van der Waals surface area contributed by atoms with Gasteiger partial charge in [-0.3, -0.25) is 4.79 Å². The molecule has 36 heavy (non-hydrogen) atoms. The minimum Gasteiger partial charge on any atom is -0.490 e. The summed E-state index contributed by atoms with van der Waals surface area (Å²) in [6.45, 7) is 6.81. The van der Waals surface area contributed by atoms with E-state index in [4.69, 9.17) is 26.1 Å². The van der Waals surface area contributed by atoms with E-state index in [1.165, 1.54) is 4.68 Å². The quantitative estimate of drug-likeness (QED) is 0.201. The third-order valence-electron chi connectivity index (χ3n) is 5.82. The molecule has 0 saturated heterocycles. The maximum Gasteiger partial charge on any atom is 0.282 e. The van der Waals surface area contributed by atoms with Crippen molar-refractivity contribution in [3.05, 3.63) is 97.5 Å². The average Bonchev–Trinajstić information content (AvgIpc) is 2.88. The molecule has 6 nitrogen and oxygen atoms in total. The molecule has 186 valence electrons. The predicted octanol–water partition coefficient (Wildman–Crippen LogP) is 7.19. The van der Waals surface area contributed by atoms with Gasteiger partial charge >= 0.3 is 0 Å². The Kier molecular flexibility index (Phi) is 8.44. The lowest BCUT2D eigenvalue weighted by Crippen LogP contribution is -2.23. The first kappa shape index (κ1) is 25.9. The van der Waals surface area contributed by atoms with Crippen molar-refractivity contribution >= 4 is 44.6 Å². The van der Waals surface area contributed by atoms with Crippen molar-refractivity contribution in [3.63, 3.8) is 0 Å². The van der Waals surface area contributed by atoms with E-state index in [-0.39, 0.29) is 11.5 Å². The second-order valence-electron chi connectivity index (χ2n) is 8.32. The fourth-order valence-electron chi connectivity index (χ4n) is 3.67. The smallest absolute Gasteiger partial charge is 0.282 e. The number of rotatable bonds is 9. The molecule has 0 spiro atoms. The first-order valence-electron chi connectivity index (χ1n) is 11.8. The van der Waals surface area contributed by atoms with Crippen LogP contribution in [0.25, 0.3) is 10.9 Å². The largest absolute Gasteiger partial charge is 0.490 e. The molecule has 0 radical (unpaired) electrons. The molecular weight excluding hydrogens is 542 g/mol. The molecule has 0 unspecified atom stereocenters. The van der Waals surface area contributed by atoms with E-state index in [9.17, 15) is 4.79 Å². The van der Waals surface area contributed by atoms with Gasteiger partial charge in [-0.05, 0) is 61.4 Å². The normalized spacial score (nSPS) is 12.2. The zero-order valence-corrected chi connectivity index (χ0v) is 22.7. The van der Waals surface area contributed by atoms with E-state index in [1.54, 1.807) is 12.3 Å². The van der Waals surface area contributed by atoms with E-state index >= 15 is 0 Å². The molecule has 0 aliphatic rings. The van der Waals surface area contributed by atoms with E-state index in [2.05, 4.69) is 28.0 Å². The number of hydrogen-bond acceptors (Lipinski definition) is 5. The van der Waals surface area contributed by atoms with Gasteiger partial charge in [-0.15, -0.1) is 0 Å². The minimum atomic E-state index is -0.211. The molecule has 0 N–H and O–H groups in total. The molecule has 1 heterocycles. The lowest BCUT2D eigenvalue weighted by molar-refractivity contribution is 0.269. The molecule has 1 atom stereocenters. The van der Waals surface area contributed by atoms with Gasteiger partial charge in [-0.25, -0.2) is 4.98 Å². The van der Waals surface area contributed by atoms with Crippen molar-refractivity contribution in [3.8, 4) is 11.5 Å². The number of halogens is 2. The number of aromatic nitrogens is 2. The predicted molar refractivity (Wildman–Crippen MR) is 149 cm³/mol. The van der Waals surface area contributed by atoms with Crippen molar-refractivity contribution in [2.24, 2.45) is 5.10 Å². The van der Waals surface area contributed by atoms with E-state index < -0.39 is 0 Å². The van der Waals surface area contributed by atoms with Crippen LogP contribution < -0.4 is 15.0 Å². The number of nitrogens with zero attached hydrogens (tertiary/aromatic N) is 3. The zero-order chi connectivity index (χ0) is 25.7. The summed E-state index contributed by atoms with van der Waals surface area (Å²) in [7, 11) is 0. The second kappa shape index (κ2) is 11.7. The van der Waals surface area contributed by atoms with Crippen LogP contribution in [-0.4, -0.2) is 22.5 Å². The Morgan fingerprint density at radius 2 is 1.89 bits per heavy atom. The SMILES string of the molecule is CCOc1cc(C=Nn2c([C@H](C)CC)nc3ccc(Br)cc3c2=O)ccc1OCc1ccccc1Cl. The molecule has 4 rings (SSSR count). The van der Waals surface area contributed by atoms with Crippen LogP contribution in [0.4, 0.5) is 0 Å². The van der Waals surface area contributed by atoms with Gasteiger partial charge in [0.15, 0.2) is 11.5 Å². The van der Waals surface area contributed by atoms with Gasteiger partial charge in [-0.1, -0.05) is 59.6 Å². The van der Waals surface area contributed by atoms with Gasteiger partial charge in [0.05, 0.1) is 23.7 Å². The average molecular weight is 569 g/mol. The summed E-state index contributed by atoms with van der Waals surface area (Å²) in [5.74, 6) is 1.87. The highest BCUT2D eigenvalue weighted by Gasteiger charge is 2.16. The lowest BCUT2D eigenvalue weighted by Gasteiger charge is -2.14.